The van der Waals surface area contributed by atoms with E-state index in [0.29, 0.717) is 24.2 Å². The second-order valence-electron chi connectivity index (χ2n) is 6.06. The first-order valence-electron chi connectivity index (χ1n) is 8.37. The van der Waals surface area contributed by atoms with Crippen molar-refractivity contribution in [2.45, 2.75) is 12.8 Å². The summed E-state index contributed by atoms with van der Waals surface area (Å²) < 4.78 is 13.1. The largest absolute Gasteiger partial charge is 0.343 e. The smallest absolute Gasteiger partial charge is 0.251 e. The highest BCUT2D eigenvalue weighted by Gasteiger charge is 2.21. The Morgan fingerprint density at radius 2 is 1.89 bits per heavy atom. The summed E-state index contributed by atoms with van der Waals surface area (Å²) >= 11 is 5.65. The van der Waals surface area contributed by atoms with E-state index in [9.17, 15) is 18.8 Å². The second kappa shape index (κ2) is 8.18. The molecule has 0 aliphatic carbocycles. The minimum Gasteiger partial charge on any atom is -0.343 e. The maximum Gasteiger partial charge on any atom is 0.251 e. The number of halogens is 2. The van der Waals surface area contributed by atoms with Gasteiger partial charge >= 0.3 is 0 Å². The Hall–Kier alpha value is -2.93. The van der Waals surface area contributed by atoms with Crippen molar-refractivity contribution in [2.24, 2.45) is 0 Å². The SMILES string of the molecule is O=C(CNC(=O)c1ccc(N2CCCC2=O)cc1)Nc1ccc(F)c(Cl)c1. The summed E-state index contributed by atoms with van der Waals surface area (Å²) in [5.74, 6) is -1.39. The molecule has 1 saturated heterocycles. The highest BCUT2D eigenvalue weighted by molar-refractivity contribution is 6.31. The molecule has 3 amide bonds. The lowest BCUT2D eigenvalue weighted by molar-refractivity contribution is -0.117. The van der Waals surface area contributed by atoms with Crippen molar-refractivity contribution in [3.05, 3.63) is 58.9 Å². The van der Waals surface area contributed by atoms with Gasteiger partial charge in [-0.3, -0.25) is 14.4 Å². The van der Waals surface area contributed by atoms with Crippen LogP contribution < -0.4 is 15.5 Å². The summed E-state index contributed by atoms with van der Waals surface area (Å²) in [6.45, 7) is 0.429. The molecule has 1 aliphatic rings. The molecule has 0 radical (unpaired) electrons. The van der Waals surface area contributed by atoms with Gasteiger partial charge in [-0.15, -0.1) is 0 Å². The molecule has 2 aromatic rings. The lowest BCUT2D eigenvalue weighted by Crippen LogP contribution is -2.32. The van der Waals surface area contributed by atoms with Crippen LogP contribution in [0.25, 0.3) is 0 Å². The lowest BCUT2D eigenvalue weighted by atomic mass is 10.2. The molecule has 140 valence electrons. The molecule has 8 heteroatoms. The molecule has 1 aliphatic heterocycles. The standard InChI is InChI=1S/C19H17ClFN3O3/c20-15-10-13(5-8-16(15)21)23-17(25)11-22-19(27)12-3-6-14(7-4-12)24-9-1-2-18(24)26/h3-8,10H,1-2,9,11H2,(H,22,27)(H,23,25). The maximum atomic E-state index is 13.1. The number of anilines is 2. The Morgan fingerprint density at radius 1 is 1.15 bits per heavy atom. The molecule has 0 bridgehead atoms. The molecule has 2 N–H and O–H groups in total. The van der Waals surface area contributed by atoms with Crippen LogP contribution in [0.1, 0.15) is 23.2 Å². The van der Waals surface area contributed by atoms with Crippen molar-refractivity contribution in [3.63, 3.8) is 0 Å². The number of hydrogen-bond donors (Lipinski definition) is 2. The van der Waals surface area contributed by atoms with E-state index in [0.717, 1.165) is 18.2 Å². The number of rotatable bonds is 5. The van der Waals surface area contributed by atoms with Crippen LogP contribution in [0, 0.1) is 5.82 Å². The van der Waals surface area contributed by atoms with Crippen LogP contribution in [0.3, 0.4) is 0 Å². The fourth-order valence-corrected chi connectivity index (χ4v) is 2.94. The Labute approximate surface area is 160 Å². The summed E-state index contributed by atoms with van der Waals surface area (Å²) in [7, 11) is 0. The summed E-state index contributed by atoms with van der Waals surface area (Å²) in [6, 6.07) is 10.4. The summed E-state index contributed by atoms with van der Waals surface area (Å²) in [5, 5.41) is 4.92. The van der Waals surface area contributed by atoms with E-state index < -0.39 is 17.6 Å². The predicted molar refractivity (Wildman–Crippen MR) is 100 cm³/mol. The van der Waals surface area contributed by atoms with Gasteiger partial charge in [0.1, 0.15) is 5.82 Å². The molecule has 0 unspecified atom stereocenters. The highest BCUT2D eigenvalue weighted by atomic mass is 35.5. The normalized spacial score (nSPS) is 13.6. The van der Waals surface area contributed by atoms with Crippen LogP contribution in [0.4, 0.5) is 15.8 Å². The molecule has 0 saturated carbocycles. The molecule has 0 aromatic heterocycles. The number of benzene rings is 2. The Kier molecular flexibility index (Phi) is 5.71. The van der Waals surface area contributed by atoms with Gasteiger partial charge in [0.2, 0.25) is 11.8 Å². The first kappa shape index (κ1) is 18.8. The summed E-state index contributed by atoms with van der Waals surface area (Å²) in [4.78, 5) is 37.5. The van der Waals surface area contributed by atoms with Crippen LogP contribution >= 0.6 is 11.6 Å². The van der Waals surface area contributed by atoms with Crippen molar-refractivity contribution in [3.8, 4) is 0 Å². The van der Waals surface area contributed by atoms with Gasteiger partial charge in [-0.25, -0.2) is 4.39 Å². The molecule has 1 heterocycles. The van der Waals surface area contributed by atoms with E-state index in [1.54, 1.807) is 29.2 Å². The third-order valence-corrected chi connectivity index (χ3v) is 4.42. The fraction of sp³-hybridized carbons (Fsp3) is 0.211. The first-order valence-corrected chi connectivity index (χ1v) is 8.75. The Balaban J connectivity index is 1.53. The van der Waals surface area contributed by atoms with Gasteiger partial charge in [0.15, 0.2) is 0 Å². The van der Waals surface area contributed by atoms with Gasteiger partial charge in [-0.2, -0.15) is 0 Å². The number of carbonyl (C=O) groups excluding carboxylic acids is 3. The lowest BCUT2D eigenvalue weighted by Gasteiger charge is -2.15. The molecule has 1 fully saturated rings. The van der Waals surface area contributed by atoms with E-state index >= 15 is 0 Å². The molecule has 27 heavy (non-hydrogen) atoms. The number of nitrogens with zero attached hydrogens (tertiary/aromatic N) is 1. The van der Waals surface area contributed by atoms with Gasteiger partial charge in [0.05, 0.1) is 11.6 Å². The molecule has 0 atom stereocenters. The zero-order valence-electron chi connectivity index (χ0n) is 14.3. The molecule has 0 spiro atoms. The maximum absolute atomic E-state index is 13.1. The quantitative estimate of drug-likeness (QED) is 0.825. The van der Waals surface area contributed by atoms with Gasteiger partial charge in [-0.1, -0.05) is 11.6 Å². The summed E-state index contributed by atoms with van der Waals surface area (Å²) in [5.41, 5.74) is 1.46. The van der Waals surface area contributed by atoms with Gasteiger partial charge in [0, 0.05) is 29.9 Å². The van der Waals surface area contributed by atoms with E-state index in [1.807, 2.05) is 0 Å². The Bertz CT molecular complexity index is 886. The predicted octanol–water partition coefficient (Wildman–Crippen LogP) is 2.97. The van der Waals surface area contributed by atoms with E-state index in [1.165, 1.54) is 12.1 Å². The van der Waals surface area contributed by atoms with Crippen LogP contribution in [0.2, 0.25) is 5.02 Å². The number of hydrogen-bond acceptors (Lipinski definition) is 3. The van der Waals surface area contributed by atoms with Crippen LogP contribution in [0.5, 0.6) is 0 Å². The van der Waals surface area contributed by atoms with Gasteiger partial charge in [-0.05, 0) is 48.9 Å². The minimum absolute atomic E-state index is 0.0739. The third-order valence-electron chi connectivity index (χ3n) is 4.13. The van der Waals surface area contributed by atoms with E-state index in [2.05, 4.69) is 10.6 Å². The van der Waals surface area contributed by atoms with E-state index in [-0.39, 0.29) is 17.5 Å². The van der Waals surface area contributed by atoms with Gasteiger partial charge in [0.25, 0.3) is 5.91 Å². The molecule has 6 nitrogen and oxygen atoms in total. The monoisotopic (exact) mass is 389 g/mol. The number of carbonyl (C=O) groups is 3. The van der Waals surface area contributed by atoms with Crippen molar-refractivity contribution in [1.29, 1.82) is 0 Å². The fourth-order valence-electron chi connectivity index (χ4n) is 2.76. The molecular formula is C19H17ClFN3O3. The summed E-state index contributed by atoms with van der Waals surface area (Å²) in [6.07, 6.45) is 1.37. The number of amides is 3. The average molecular weight is 390 g/mol. The Morgan fingerprint density at radius 3 is 2.52 bits per heavy atom. The van der Waals surface area contributed by atoms with Crippen LogP contribution in [0.15, 0.2) is 42.5 Å². The number of nitrogens with one attached hydrogen (secondary N) is 2. The molecule has 3 rings (SSSR count). The molecular weight excluding hydrogens is 373 g/mol. The van der Waals surface area contributed by atoms with Crippen molar-refractivity contribution in [1.82, 2.24) is 5.32 Å². The highest BCUT2D eigenvalue weighted by Crippen LogP contribution is 2.21. The van der Waals surface area contributed by atoms with Crippen LogP contribution in [-0.4, -0.2) is 30.8 Å². The molecule has 2 aromatic carbocycles. The zero-order chi connectivity index (χ0) is 19.4. The topological polar surface area (TPSA) is 78.5 Å². The van der Waals surface area contributed by atoms with Crippen LogP contribution in [-0.2, 0) is 9.59 Å². The van der Waals surface area contributed by atoms with Crippen molar-refractivity contribution < 1.29 is 18.8 Å². The average Bonchev–Trinajstić information content (AvgIpc) is 3.09. The van der Waals surface area contributed by atoms with Crippen molar-refractivity contribution >= 4 is 40.7 Å². The van der Waals surface area contributed by atoms with Crippen molar-refractivity contribution in [2.75, 3.05) is 23.3 Å². The third kappa shape index (κ3) is 4.62. The second-order valence-corrected chi connectivity index (χ2v) is 6.46. The van der Waals surface area contributed by atoms with E-state index in [4.69, 9.17) is 11.6 Å². The zero-order valence-corrected chi connectivity index (χ0v) is 15.1. The van der Waals surface area contributed by atoms with Gasteiger partial charge < -0.3 is 15.5 Å². The first-order chi connectivity index (χ1) is 12.9. The minimum atomic E-state index is -0.581.